The smallest absolute Gasteiger partial charge is 0.326 e. The Hall–Kier alpha value is -0.570. The predicted molar refractivity (Wildman–Crippen MR) is 55.7 cm³/mol. The van der Waals surface area contributed by atoms with Crippen LogP contribution < -0.4 is 5.73 Å². The van der Waals surface area contributed by atoms with Crippen LogP contribution in [0.5, 0.6) is 0 Å². The van der Waals surface area contributed by atoms with Gasteiger partial charge in [-0.3, -0.25) is 4.79 Å². The molecule has 0 radical (unpaired) electrons. The zero-order valence-corrected chi connectivity index (χ0v) is 9.59. The molecule has 14 heavy (non-hydrogen) atoms. The van der Waals surface area contributed by atoms with Gasteiger partial charge in [-0.2, -0.15) is 0 Å². The van der Waals surface area contributed by atoms with E-state index in [-0.39, 0.29) is 17.3 Å². The Morgan fingerprint density at radius 2 is 2.14 bits per heavy atom. The van der Waals surface area contributed by atoms with E-state index in [9.17, 15) is 4.79 Å². The number of carbonyl (C=O) groups excluding carboxylic acids is 1. The second-order valence-corrected chi connectivity index (χ2v) is 5.21. The summed E-state index contributed by atoms with van der Waals surface area (Å²) in [5.41, 5.74) is 5.52. The summed E-state index contributed by atoms with van der Waals surface area (Å²) in [7, 11) is 0. The standard InChI is InChI=1S/C11H21NO2/c1-5-14-9(13)11(12)7-10(3,4)6-8(11)2/h8H,5-7,12H2,1-4H3. The van der Waals surface area contributed by atoms with Crippen molar-refractivity contribution in [2.24, 2.45) is 17.1 Å². The molecule has 82 valence electrons. The Labute approximate surface area is 86.0 Å². The molecule has 3 heteroatoms. The second kappa shape index (κ2) is 3.54. The average Bonchev–Trinajstić information content (AvgIpc) is 2.22. The highest BCUT2D eigenvalue weighted by Gasteiger charge is 2.51. The van der Waals surface area contributed by atoms with Crippen molar-refractivity contribution in [3.8, 4) is 0 Å². The van der Waals surface area contributed by atoms with Crippen molar-refractivity contribution in [2.75, 3.05) is 6.61 Å². The second-order valence-electron chi connectivity index (χ2n) is 5.21. The number of esters is 1. The number of ether oxygens (including phenoxy) is 1. The van der Waals surface area contributed by atoms with Crippen LogP contribution in [0, 0.1) is 11.3 Å². The molecular weight excluding hydrogens is 178 g/mol. The molecule has 0 amide bonds. The van der Waals surface area contributed by atoms with Crippen LogP contribution >= 0.6 is 0 Å². The molecule has 0 saturated heterocycles. The summed E-state index contributed by atoms with van der Waals surface area (Å²) in [6.45, 7) is 8.55. The molecule has 0 bridgehead atoms. The van der Waals surface area contributed by atoms with E-state index in [1.165, 1.54) is 0 Å². The maximum atomic E-state index is 11.7. The van der Waals surface area contributed by atoms with Gasteiger partial charge < -0.3 is 10.5 Å². The van der Waals surface area contributed by atoms with Gasteiger partial charge in [-0.05, 0) is 31.1 Å². The lowest BCUT2D eigenvalue weighted by atomic mass is 9.87. The molecule has 1 aliphatic carbocycles. The van der Waals surface area contributed by atoms with Gasteiger partial charge in [0.15, 0.2) is 0 Å². The Kier molecular flexibility index (Phi) is 2.91. The van der Waals surface area contributed by atoms with Crippen LogP contribution in [0.1, 0.15) is 40.5 Å². The molecule has 3 nitrogen and oxygen atoms in total. The van der Waals surface area contributed by atoms with Crippen LogP contribution in [0.3, 0.4) is 0 Å². The molecule has 2 N–H and O–H groups in total. The summed E-state index contributed by atoms with van der Waals surface area (Å²) < 4.78 is 5.03. The average molecular weight is 199 g/mol. The minimum atomic E-state index is -0.764. The van der Waals surface area contributed by atoms with E-state index in [0.29, 0.717) is 6.61 Å². The molecule has 2 atom stereocenters. The first-order valence-corrected chi connectivity index (χ1v) is 5.28. The summed E-state index contributed by atoms with van der Waals surface area (Å²) in [5, 5.41) is 0. The highest BCUT2D eigenvalue weighted by molar-refractivity contribution is 5.81. The maximum absolute atomic E-state index is 11.7. The number of nitrogens with two attached hydrogens (primary N) is 1. The zero-order valence-electron chi connectivity index (χ0n) is 9.59. The predicted octanol–water partition coefficient (Wildman–Crippen LogP) is 1.70. The molecule has 0 heterocycles. The highest BCUT2D eigenvalue weighted by Crippen LogP contribution is 2.46. The third-order valence-electron chi connectivity index (χ3n) is 3.16. The monoisotopic (exact) mass is 199 g/mol. The summed E-state index contributed by atoms with van der Waals surface area (Å²) in [4.78, 5) is 11.7. The number of carbonyl (C=O) groups is 1. The van der Waals surface area contributed by atoms with E-state index >= 15 is 0 Å². The number of hydrogen-bond acceptors (Lipinski definition) is 3. The molecule has 2 unspecified atom stereocenters. The van der Waals surface area contributed by atoms with Crippen LogP contribution in [0.2, 0.25) is 0 Å². The molecule has 0 aromatic rings. The first kappa shape index (κ1) is 11.5. The normalized spacial score (nSPS) is 35.6. The van der Waals surface area contributed by atoms with Gasteiger partial charge in [0, 0.05) is 0 Å². The molecule has 0 aromatic heterocycles. The topological polar surface area (TPSA) is 52.3 Å². The molecule has 1 fully saturated rings. The van der Waals surface area contributed by atoms with Gasteiger partial charge >= 0.3 is 5.97 Å². The van der Waals surface area contributed by atoms with Crippen molar-refractivity contribution in [1.29, 1.82) is 0 Å². The van der Waals surface area contributed by atoms with Gasteiger partial charge in [-0.25, -0.2) is 0 Å². The van der Waals surface area contributed by atoms with Gasteiger partial charge in [-0.15, -0.1) is 0 Å². The van der Waals surface area contributed by atoms with Gasteiger partial charge in [0.1, 0.15) is 5.54 Å². The Morgan fingerprint density at radius 3 is 2.50 bits per heavy atom. The number of rotatable bonds is 2. The largest absolute Gasteiger partial charge is 0.465 e. The van der Waals surface area contributed by atoms with Gasteiger partial charge in [0.2, 0.25) is 0 Å². The highest BCUT2D eigenvalue weighted by atomic mass is 16.5. The first-order chi connectivity index (χ1) is 6.32. The van der Waals surface area contributed by atoms with E-state index in [1.54, 1.807) is 0 Å². The molecule has 1 saturated carbocycles. The van der Waals surface area contributed by atoms with Crippen molar-refractivity contribution in [3.63, 3.8) is 0 Å². The van der Waals surface area contributed by atoms with E-state index in [2.05, 4.69) is 13.8 Å². The lowest BCUT2D eigenvalue weighted by molar-refractivity contribution is -0.151. The third kappa shape index (κ3) is 1.92. The van der Waals surface area contributed by atoms with Gasteiger partial charge in [-0.1, -0.05) is 20.8 Å². The Balaban J connectivity index is 2.80. The molecule has 0 aromatic carbocycles. The Bertz CT molecular complexity index is 237. The molecular formula is C11H21NO2. The summed E-state index contributed by atoms with van der Waals surface area (Å²) in [5.74, 6) is -0.0328. The van der Waals surface area contributed by atoms with Crippen LogP contribution in [-0.2, 0) is 9.53 Å². The summed E-state index contributed by atoms with van der Waals surface area (Å²) >= 11 is 0. The van der Waals surface area contributed by atoms with Crippen molar-refractivity contribution < 1.29 is 9.53 Å². The van der Waals surface area contributed by atoms with Gasteiger partial charge in [0.25, 0.3) is 0 Å². The molecule has 0 spiro atoms. The SMILES string of the molecule is CCOC(=O)C1(N)CC(C)(C)CC1C. The molecule has 1 aliphatic rings. The minimum absolute atomic E-state index is 0.154. The first-order valence-electron chi connectivity index (χ1n) is 5.28. The fourth-order valence-corrected chi connectivity index (χ4v) is 2.59. The van der Waals surface area contributed by atoms with Crippen LogP contribution in [-0.4, -0.2) is 18.1 Å². The summed E-state index contributed by atoms with van der Waals surface area (Å²) in [6.07, 6.45) is 1.71. The minimum Gasteiger partial charge on any atom is -0.465 e. The van der Waals surface area contributed by atoms with E-state index < -0.39 is 5.54 Å². The fourth-order valence-electron chi connectivity index (χ4n) is 2.59. The van der Waals surface area contributed by atoms with Crippen LogP contribution in [0.15, 0.2) is 0 Å². The zero-order chi connectivity index (χ0) is 11.0. The van der Waals surface area contributed by atoms with Crippen LogP contribution in [0.25, 0.3) is 0 Å². The maximum Gasteiger partial charge on any atom is 0.326 e. The van der Waals surface area contributed by atoms with Gasteiger partial charge in [0.05, 0.1) is 6.61 Å². The quantitative estimate of drug-likeness (QED) is 0.689. The van der Waals surface area contributed by atoms with E-state index in [1.807, 2.05) is 13.8 Å². The van der Waals surface area contributed by atoms with Crippen molar-refractivity contribution in [2.45, 2.75) is 46.1 Å². The van der Waals surface area contributed by atoms with E-state index in [0.717, 1.165) is 12.8 Å². The molecule has 1 rings (SSSR count). The lowest BCUT2D eigenvalue weighted by Gasteiger charge is -2.26. The number of hydrogen-bond donors (Lipinski definition) is 1. The lowest BCUT2D eigenvalue weighted by Crippen LogP contribution is -2.51. The van der Waals surface area contributed by atoms with Crippen LogP contribution in [0.4, 0.5) is 0 Å². The summed E-state index contributed by atoms with van der Waals surface area (Å²) in [6, 6.07) is 0. The van der Waals surface area contributed by atoms with Crippen molar-refractivity contribution >= 4 is 5.97 Å². The molecule has 0 aliphatic heterocycles. The van der Waals surface area contributed by atoms with Crippen molar-refractivity contribution in [3.05, 3.63) is 0 Å². The Morgan fingerprint density at radius 1 is 1.57 bits per heavy atom. The fraction of sp³-hybridized carbons (Fsp3) is 0.909. The third-order valence-corrected chi connectivity index (χ3v) is 3.16. The van der Waals surface area contributed by atoms with E-state index in [4.69, 9.17) is 10.5 Å². The van der Waals surface area contributed by atoms with Crippen molar-refractivity contribution in [1.82, 2.24) is 0 Å².